The molecular formula is C46H48O10. The van der Waals surface area contributed by atoms with E-state index in [9.17, 15) is 29.1 Å². The van der Waals surface area contributed by atoms with Crippen LogP contribution in [0.15, 0.2) is 96.4 Å². The van der Waals surface area contributed by atoms with Gasteiger partial charge in [0.15, 0.2) is 23.7 Å². The SMILES string of the molecule is CC(=O)OC(C)=O.CCc1cc(C)cc(C)c1C1=C(O)C(c2ccccc2)OC1=O.CCc1cc(C)cc(C)c1C1=C(OC(C)=O)C(c2ccccc2)OC1=O. The molecule has 0 radical (unpaired) electrons. The predicted molar refractivity (Wildman–Crippen MR) is 212 cm³/mol. The number of carbonyl (C=O) groups excluding carboxylic acids is 5. The lowest BCUT2D eigenvalue weighted by Crippen LogP contribution is -2.08. The molecule has 2 aliphatic heterocycles. The summed E-state index contributed by atoms with van der Waals surface area (Å²) in [5.74, 6) is -2.24. The lowest BCUT2D eigenvalue weighted by atomic mass is 9.90. The highest BCUT2D eigenvalue weighted by atomic mass is 16.6. The zero-order valence-corrected chi connectivity index (χ0v) is 33.3. The van der Waals surface area contributed by atoms with Gasteiger partial charge in [-0.3, -0.25) is 14.4 Å². The third-order valence-corrected chi connectivity index (χ3v) is 8.98. The number of benzene rings is 4. The minimum atomic E-state index is -0.718. The summed E-state index contributed by atoms with van der Waals surface area (Å²) in [6.07, 6.45) is 0.118. The zero-order valence-electron chi connectivity index (χ0n) is 33.3. The van der Waals surface area contributed by atoms with Crippen molar-refractivity contribution in [3.63, 3.8) is 0 Å². The Morgan fingerprint density at radius 2 is 1.02 bits per heavy atom. The summed E-state index contributed by atoms with van der Waals surface area (Å²) in [5, 5.41) is 10.7. The van der Waals surface area contributed by atoms with Gasteiger partial charge in [0.1, 0.15) is 11.1 Å². The number of ether oxygens (including phenoxy) is 4. The van der Waals surface area contributed by atoms with Gasteiger partial charge < -0.3 is 24.1 Å². The highest BCUT2D eigenvalue weighted by Crippen LogP contribution is 2.43. The Morgan fingerprint density at radius 3 is 1.43 bits per heavy atom. The van der Waals surface area contributed by atoms with Crippen LogP contribution in [0.3, 0.4) is 0 Å². The van der Waals surface area contributed by atoms with E-state index in [1.165, 1.54) is 20.8 Å². The summed E-state index contributed by atoms with van der Waals surface area (Å²) in [6.45, 7) is 15.8. The minimum absolute atomic E-state index is 0.00264. The lowest BCUT2D eigenvalue weighted by molar-refractivity contribution is -0.156. The van der Waals surface area contributed by atoms with Crippen LogP contribution < -0.4 is 0 Å². The second-order valence-corrected chi connectivity index (χ2v) is 13.5. The molecule has 0 spiro atoms. The molecule has 6 rings (SSSR count). The fourth-order valence-corrected chi connectivity index (χ4v) is 6.91. The number of cyclic esters (lactones) is 2. The maximum absolute atomic E-state index is 12.8. The van der Waals surface area contributed by atoms with E-state index in [0.29, 0.717) is 11.1 Å². The van der Waals surface area contributed by atoms with Crippen molar-refractivity contribution in [3.05, 3.63) is 152 Å². The minimum Gasteiger partial charge on any atom is -0.507 e. The van der Waals surface area contributed by atoms with Crippen LogP contribution in [0.5, 0.6) is 0 Å². The fraction of sp³-hybridized carbons (Fsp3) is 0.283. The van der Waals surface area contributed by atoms with Gasteiger partial charge >= 0.3 is 29.8 Å². The maximum Gasteiger partial charge on any atom is 0.343 e. The van der Waals surface area contributed by atoms with Crippen LogP contribution in [0.25, 0.3) is 11.1 Å². The van der Waals surface area contributed by atoms with E-state index in [-0.39, 0.29) is 11.5 Å². The van der Waals surface area contributed by atoms with Crippen molar-refractivity contribution >= 4 is 41.0 Å². The van der Waals surface area contributed by atoms with Gasteiger partial charge in [0.05, 0.1) is 0 Å². The topological polar surface area (TPSA) is 143 Å². The summed E-state index contributed by atoms with van der Waals surface area (Å²) in [7, 11) is 0. The first kappa shape index (κ1) is 42.5. The summed E-state index contributed by atoms with van der Waals surface area (Å²) in [4.78, 5) is 56.6. The Balaban J connectivity index is 0.000000214. The Bertz CT molecular complexity index is 2180. The molecule has 0 amide bonds. The van der Waals surface area contributed by atoms with Gasteiger partial charge in [-0.15, -0.1) is 0 Å². The molecule has 0 bridgehead atoms. The first-order chi connectivity index (χ1) is 26.6. The molecule has 2 heterocycles. The molecule has 0 saturated heterocycles. The molecule has 2 aliphatic rings. The molecule has 2 atom stereocenters. The first-order valence-electron chi connectivity index (χ1n) is 18.3. The fourth-order valence-electron chi connectivity index (χ4n) is 6.91. The average Bonchev–Trinajstić information content (AvgIpc) is 3.61. The molecule has 0 saturated carbocycles. The smallest absolute Gasteiger partial charge is 0.343 e. The summed E-state index contributed by atoms with van der Waals surface area (Å²) < 4.78 is 20.5. The number of hydrogen-bond donors (Lipinski definition) is 1. The second-order valence-electron chi connectivity index (χ2n) is 13.5. The quantitative estimate of drug-likeness (QED) is 0.110. The van der Waals surface area contributed by atoms with Crippen molar-refractivity contribution in [1.82, 2.24) is 0 Å². The van der Waals surface area contributed by atoms with E-state index < -0.39 is 42.1 Å². The number of hydrogen-bond acceptors (Lipinski definition) is 10. The van der Waals surface area contributed by atoms with Crippen molar-refractivity contribution < 1.29 is 48.0 Å². The van der Waals surface area contributed by atoms with Crippen LogP contribution in [0, 0.1) is 27.7 Å². The van der Waals surface area contributed by atoms with Gasteiger partial charge in [-0.05, 0) is 73.9 Å². The molecule has 0 fully saturated rings. The van der Waals surface area contributed by atoms with Crippen molar-refractivity contribution in [3.8, 4) is 0 Å². The predicted octanol–water partition coefficient (Wildman–Crippen LogP) is 8.97. The summed E-state index contributed by atoms with van der Waals surface area (Å²) in [6, 6.07) is 26.8. The van der Waals surface area contributed by atoms with Gasteiger partial charge in [-0.25, -0.2) is 9.59 Å². The average molecular weight is 761 g/mol. The Morgan fingerprint density at radius 1 is 0.607 bits per heavy atom. The van der Waals surface area contributed by atoms with Gasteiger partial charge in [0, 0.05) is 31.9 Å². The summed E-state index contributed by atoms with van der Waals surface area (Å²) >= 11 is 0. The summed E-state index contributed by atoms with van der Waals surface area (Å²) in [5.41, 5.74) is 10.1. The van der Waals surface area contributed by atoms with Crippen LogP contribution >= 0.6 is 0 Å². The highest BCUT2D eigenvalue weighted by molar-refractivity contribution is 6.21. The molecule has 10 heteroatoms. The molecule has 0 aliphatic carbocycles. The van der Waals surface area contributed by atoms with E-state index in [0.717, 1.165) is 68.5 Å². The first-order valence-corrected chi connectivity index (χ1v) is 18.3. The van der Waals surface area contributed by atoms with E-state index in [4.69, 9.17) is 14.2 Å². The molecule has 56 heavy (non-hydrogen) atoms. The number of rotatable bonds is 7. The van der Waals surface area contributed by atoms with E-state index in [1.807, 2.05) is 114 Å². The van der Waals surface area contributed by atoms with E-state index >= 15 is 0 Å². The van der Waals surface area contributed by atoms with Gasteiger partial charge in [-0.2, -0.15) is 0 Å². The number of aliphatic hydroxyl groups excluding tert-OH is 1. The van der Waals surface area contributed by atoms with Crippen molar-refractivity contribution in [1.29, 1.82) is 0 Å². The lowest BCUT2D eigenvalue weighted by Gasteiger charge is -2.15. The number of aliphatic hydroxyl groups is 1. The van der Waals surface area contributed by atoms with Crippen LogP contribution in [-0.2, 0) is 55.8 Å². The number of carbonyl (C=O) groups is 5. The van der Waals surface area contributed by atoms with Crippen molar-refractivity contribution in [2.24, 2.45) is 0 Å². The van der Waals surface area contributed by atoms with E-state index in [2.05, 4.69) is 16.9 Å². The molecule has 292 valence electrons. The van der Waals surface area contributed by atoms with Gasteiger partial charge in [0.25, 0.3) is 0 Å². The third kappa shape index (κ3) is 10.1. The van der Waals surface area contributed by atoms with Crippen molar-refractivity contribution in [2.45, 2.75) is 87.4 Å². The van der Waals surface area contributed by atoms with Crippen LogP contribution in [-0.4, -0.2) is 35.0 Å². The Hall–Kier alpha value is -6.29. The number of aryl methyl sites for hydroxylation is 6. The molecule has 1 N–H and O–H groups in total. The Labute approximate surface area is 327 Å². The normalized spacial score (nSPS) is 15.9. The molecule has 4 aromatic rings. The van der Waals surface area contributed by atoms with E-state index in [1.54, 1.807) is 0 Å². The zero-order chi connectivity index (χ0) is 41.3. The molecule has 2 unspecified atom stereocenters. The standard InChI is InChI=1S/C22H22O4.C20H20O3.C4H6O3/c1-5-16-12-13(2)11-14(3)18(16)19-21(25-15(4)23)20(26-22(19)24)17-9-7-6-8-10-17;1-4-14-11-12(2)10-13(3)16(14)17-18(21)19(23-20(17)22)15-8-6-5-7-9-15;1-3(5)7-4(2)6/h6-12,20H,5H2,1-4H3;5-11,19,21H,4H2,1-3H3;1-2H3. The highest BCUT2D eigenvalue weighted by Gasteiger charge is 2.40. The van der Waals surface area contributed by atoms with Crippen LogP contribution in [0.1, 0.15) is 102 Å². The van der Waals surface area contributed by atoms with Gasteiger partial charge in [0.2, 0.25) is 0 Å². The molecule has 0 aromatic heterocycles. The van der Waals surface area contributed by atoms with Crippen LogP contribution in [0.4, 0.5) is 0 Å². The number of esters is 5. The maximum atomic E-state index is 12.8. The monoisotopic (exact) mass is 760 g/mol. The molecule has 10 nitrogen and oxygen atoms in total. The molecular weight excluding hydrogens is 712 g/mol. The second kappa shape index (κ2) is 18.8. The third-order valence-electron chi connectivity index (χ3n) is 8.98. The van der Waals surface area contributed by atoms with Crippen LogP contribution in [0.2, 0.25) is 0 Å². The van der Waals surface area contributed by atoms with Gasteiger partial charge in [-0.1, -0.05) is 110 Å². The molecule has 4 aromatic carbocycles. The Kier molecular flexibility index (Phi) is 14.3. The van der Waals surface area contributed by atoms with Crippen molar-refractivity contribution in [2.75, 3.05) is 0 Å². The largest absolute Gasteiger partial charge is 0.507 e.